The number of benzene rings is 1. The predicted octanol–water partition coefficient (Wildman–Crippen LogP) is 1.16. The van der Waals surface area contributed by atoms with Crippen LogP contribution in [0.2, 0.25) is 0 Å². The summed E-state index contributed by atoms with van der Waals surface area (Å²) in [6.45, 7) is 4.03. The first-order chi connectivity index (χ1) is 10.2. The number of nitrogen functional groups attached to an aromatic ring is 1. The molecule has 1 aromatic heterocycles. The normalized spacial score (nSPS) is 12.3. The van der Waals surface area contributed by atoms with Crippen LogP contribution in [0.1, 0.15) is 0 Å². The maximum Gasteiger partial charge on any atom is 0.191 e. The molecular weight excluding hydrogens is 288 g/mol. The zero-order chi connectivity index (χ0) is 15.2. The van der Waals surface area contributed by atoms with E-state index in [0.717, 1.165) is 11.4 Å². The highest BCUT2D eigenvalue weighted by atomic mass is 32.2. The summed E-state index contributed by atoms with van der Waals surface area (Å²) in [6, 6.07) is 7.39. The molecule has 21 heavy (non-hydrogen) atoms. The number of aromatic nitrogens is 3. The minimum Gasteiger partial charge on any atom is -0.399 e. The summed E-state index contributed by atoms with van der Waals surface area (Å²) in [7, 11) is 0. The van der Waals surface area contributed by atoms with Gasteiger partial charge in [-0.05, 0) is 24.3 Å². The van der Waals surface area contributed by atoms with Gasteiger partial charge in [0.05, 0.1) is 12.7 Å². The first-order valence-corrected chi connectivity index (χ1v) is 7.46. The molecule has 0 aliphatic rings. The van der Waals surface area contributed by atoms with Crippen molar-refractivity contribution >= 4 is 17.4 Å². The monoisotopic (exact) mass is 306 g/mol. The molecule has 2 rings (SSSR count). The highest BCUT2D eigenvalue weighted by Crippen LogP contribution is 2.25. The molecule has 7 heteroatoms. The molecule has 0 aliphatic heterocycles. The summed E-state index contributed by atoms with van der Waals surface area (Å²) in [5.41, 5.74) is 7.29. The fraction of sp³-hybridized carbons (Fsp3) is 0.286. The molecule has 0 radical (unpaired) electrons. The van der Waals surface area contributed by atoms with Crippen LogP contribution in [0.25, 0.3) is 11.4 Å². The van der Waals surface area contributed by atoms with Gasteiger partial charge in [0.25, 0.3) is 0 Å². The van der Waals surface area contributed by atoms with Crippen LogP contribution in [0.4, 0.5) is 5.69 Å². The highest BCUT2D eigenvalue weighted by molar-refractivity contribution is 7.99. The summed E-state index contributed by atoms with van der Waals surface area (Å²) < 4.78 is 1.91. The topological polar surface area (TPSA) is 97.2 Å². The van der Waals surface area contributed by atoms with Gasteiger partial charge in [-0.3, -0.25) is 4.57 Å². The quantitative estimate of drug-likeness (QED) is 0.403. The van der Waals surface area contributed by atoms with Crippen molar-refractivity contribution in [3.8, 4) is 11.4 Å². The molecule has 0 spiro atoms. The number of nitrogens with two attached hydrogens (primary N) is 1. The first kappa shape index (κ1) is 15.6. The lowest BCUT2D eigenvalue weighted by atomic mass is 10.2. The summed E-state index contributed by atoms with van der Waals surface area (Å²) in [4.78, 5) is 0. The van der Waals surface area contributed by atoms with Crippen molar-refractivity contribution in [3.05, 3.63) is 36.9 Å². The molecule has 0 saturated heterocycles. The second-order valence-electron chi connectivity index (χ2n) is 4.47. The third kappa shape index (κ3) is 3.84. The standard InChI is InChI=1S/C14H18N4O2S/c1-2-7-18-13(10-3-5-11(15)6-4-10)16-17-14(18)21-9-12(20)8-19/h2-6,12,19-20H,1,7-9,15H2. The van der Waals surface area contributed by atoms with Crippen molar-refractivity contribution in [2.45, 2.75) is 17.8 Å². The average Bonchev–Trinajstić information content (AvgIpc) is 2.89. The predicted molar refractivity (Wildman–Crippen MR) is 83.9 cm³/mol. The van der Waals surface area contributed by atoms with Gasteiger partial charge in [-0.15, -0.1) is 16.8 Å². The molecule has 1 unspecified atom stereocenters. The van der Waals surface area contributed by atoms with E-state index in [1.54, 1.807) is 6.08 Å². The number of aliphatic hydroxyl groups excluding tert-OH is 2. The molecule has 112 valence electrons. The van der Waals surface area contributed by atoms with Gasteiger partial charge in [-0.25, -0.2) is 0 Å². The first-order valence-electron chi connectivity index (χ1n) is 6.47. The number of aliphatic hydroxyl groups is 2. The number of nitrogens with zero attached hydrogens (tertiary/aromatic N) is 3. The van der Waals surface area contributed by atoms with Crippen LogP contribution in [0.3, 0.4) is 0 Å². The lowest BCUT2D eigenvalue weighted by molar-refractivity contribution is 0.113. The van der Waals surface area contributed by atoms with Gasteiger partial charge < -0.3 is 15.9 Å². The second kappa shape index (κ2) is 7.26. The number of rotatable bonds is 7. The summed E-state index contributed by atoms with van der Waals surface area (Å²) >= 11 is 1.35. The van der Waals surface area contributed by atoms with Gasteiger partial charge in [0.2, 0.25) is 0 Å². The van der Waals surface area contributed by atoms with Crippen molar-refractivity contribution in [1.82, 2.24) is 14.8 Å². The van der Waals surface area contributed by atoms with Gasteiger partial charge in [0.1, 0.15) is 0 Å². The van der Waals surface area contributed by atoms with E-state index in [2.05, 4.69) is 16.8 Å². The number of hydrogen-bond acceptors (Lipinski definition) is 6. The van der Waals surface area contributed by atoms with Crippen molar-refractivity contribution < 1.29 is 10.2 Å². The molecule has 0 aliphatic carbocycles. The van der Waals surface area contributed by atoms with E-state index in [0.29, 0.717) is 23.1 Å². The zero-order valence-electron chi connectivity index (χ0n) is 11.5. The maximum absolute atomic E-state index is 9.43. The molecule has 1 heterocycles. The molecule has 2 aromatic rings. The molecule has 0 amide bonds. The number of thioether (sulfide) groups is 1. The van der Waals surface area contributed by atoms with Gasteiger partial charge >= 0.3 is 0 Å². The van der Waals surface area contributed by atoms with E-state index in [1.165, 1.54) is 11.8 Å². The Morgan fingerprint density at radius 3 is 2.67 bits per heavy atom. The minimum absolute atomic E-state index is 0.270. The van der Waals surface area contributed by atoms with Crippen LogP contribution in [-0.4, -0.2) is 43.4 Å². The fourth-order valence-electron chi connectivity index (χ4n) is 1.76. The van der Waals surface area contributed by atoms with Crippen LogP contribution >= 0.6 is 11.8 Å². The molecular formula is C14H18N4O2S. The van der Waals surface area contributed by atoms with E-state index in [1.807, 2.05) is 28.8 Å². The Morgan fingerprint density at radius 2 is 2.05 bits per heavy atom. The van der Waals surface area contributed by atoms with Gasteiger partial charge in [-0.2, -0.15) is 0 Å². The Kier molecular flexibility index (Phi) is 5.38. The van der Waals surface area contributed by atoms with Crippen LogP contribution in [0.5, 0.6) is 0 Å². The van der Waals surface area contributed by atoms with Crippen LogP contribution in [0, 0.1) is 0 Å². The minimum atomic E-state index is -0.774. The van der Waals surface area contributed by atoms with Crippen LogP contribution in [0.15, 0.2) is 42.1 Å². The number of allylic oxidation sites excluding steroid dienone is 1. The van der Waals surface area contributed by atoms with E-state index in [9.17, 15) is 5.11 Å². The van der Waals surface area contributed by atoms with Crippen molar-refractivity contribution in [2.75, 3.05) is 18.1 Å². The van der Waals surface area contributed by atoms with Crippen molar-refractivity contribution in [2.24, 2.45) is 0 Å². The Balaban J connectivity index is 2.27. The zero-order valence-corrected chi connectivity index (χ0v) is 12.3. The fourth-order valence-corrected chi connectivity index (χ4v) is 2.62. The third-order valence-electron chi connectivity index (χ3n) is 2.81. The third-order valence-corrected chi connectivity index (χ3v) is 3.92. The summed E-state index contributed by atoms with van der Waals surface area (Å²) in [6.07, 6.45) is 0.986. The summed E-state index contributed by atoms with van der Waals surface area (Å²) in [5, 5.41) is 27.3. The Hall–Kier alpha value is -1.83. The highest BCUT2D eigenvalue weighted by Gasteiger charge is 2.14. The second-order valence-corrected chi connectivity index (χ2v) is 5.46. The lowest BCUT2D eigenvalue weighted by Crippen LogP contribution is -2.15. The van der Waals surface area contributed by atoms with E-state index in [4.69, 9.17) is 10.8 Å². The van der Waals surface area contributed by atoms with Crippen molar-refractivity contribution in [3.63, 3.8) is 0 Å². The van der Waals surface area contributed by atoms with E-state index < -0.39 is 6.10 Å². The van der Waals surface area contributed by atoms with Crippen LogP contribution in [-0.2, 0) is 6.54 Å². The smallest absolute Gasteiger partial charge is 0.191 e. The van der Waals surface area contributed by atoms with Gasteiger partial charge in [0.15, 0.2) is 11.0 Å². The number of anilines is 1. The lowest BCUT2D eigenvalue weighted by Gasteiger charge is -2.09. The molecule has 0 fully saturated rings. The largest absolute Gasteiger partial charge is 0.399 e. The van der Waals surface area contributed by atoms with Crippen LogP contribution < -0.4 is 5.73 Å². The molecule has 1 atom stereocenters. The SMILES string of the molecule is C=CCn1c(SCC(O)CO)nnc1-c1ccc(N)cc1. The van der Waals surface area contributed by atoms with Gasteiger partial charge in [-0.1, -0.05) is 17.8 Å². The summed E-state index contributed by atoms with van der Waals surface area (Å²) in [5.74, 6) is 1.07. The van der Waals surface area contributed by atoms with Crippen molar-refractivity contribution in [1.29, 1.82) is 0 Å². The average molecular weight is 306 g/mol. The van der Waals surface area contributed by atoms with Gasteiger partial charge in [0, 0.05) is 23.5 Å². The Morgan fingerprint density at radius 1 is 1.33 bits per heavy atom. The number of hydrogen-bond donors (Lipinski definition) is 3. The molecule has 4 N–H and O–H groups in total. The molecule has 0 saturated carbocycles. The molecule has 1 aromatic carbocycles. The molecule has 0 bridgehead atoms. The maximum atomic E-state index is 9.43. The Labute approximate surface area is 127 Å². The Bertz CT molecular complexity index is 598. The molecule has 6 nitrogen and oxygen atoms in total. The van der Waals surface area contributed by atoms with E-state index in [-0.39, 0.29) is 6.61 Å². The van der Waals surface area contributed by atoms with E-state index >= 15 is 0 Å².